The number of thioether (sulfide) groups is 1. The molecule has 3 amide bonds. The van der Waals surface area contributed by atoms with Crippen LogP contribution in [0.4, 0.5) is 10.7 Å². The van der Waals surface area contributed by atoms with Crippen molar-refractivity contribution in [2.75, 3.05) is 31.1 Å². The van der Waals surface area contributed by atoms with E-state index in [0.717, 1.165) is 31.2 Å². The number of piperidine rings is 1. The van der Waals surface area contributed by atoms with Crippen LogP contribution in [-0.4, -0.2) is 63.0 Å². The molecule has 156 valence electrons. The lowest BCUT2D eigenvalue weighted by Crippen LogP contribution is -2.39. The van der Waals surface area contributed by atoms with E-state index in [1.165, 1.54) is 23.1 Å². The fourth-order valence-electron chi connectivity index (χ4n) is 3.78. The van der Waals surface area contributed by atoms with Gasteiger partial charge in [-0.25, -0.2) is 4.79 Å². The second-order valence-corrected chi connectivity index (χ2v) is 8.93. The van der Waals surface area contributed by atoms with Gasteiger partial charge in [0.05, 0.1) is 18.1 Å². The maximum absolute atomic E-state index is 12.7. The van der Waals surface area contributed by atoms with Crippen molar-refractivity contribution in [1.82, 2.24) is 25.0 Å². The SMILES string of the molecule is C[C@H]1CCCN(c2nnc(S[C@@H](C)C(=O)N3CCNC3=O)n2Cc2ccco2)C1. The summed E-state index contributed by atoms with van der Waals surface area (Å²) in [5, 5.41) is 11.7. The fraction of sp³-hybridized carbons (Fsp3) is 0.579. The Morgan fingerprint density at radius 1 is 1.41 bits per heavy atom. The summed E-state index contributed by atoms with van der Waals surface area (Å²) in [6, 6.07) is 3.44. The molecule has 4 rings (SSSR count). The normalized spacial score (nSPS) is 20.8. The minimum atomic E-state index is -0.452. The van der Waals surface area contributed by atoms with E-state index in [9.17, 15) is 9.59 Å². The van der Waals surface area contributed by atoms with Gasteiger partial charge in [0.1, 0.15) is 5.76 Å². The Bertz CT molecular complexity index is 867. The van der Waals surface area contributed by atoms with E-state index in [1.54, 1.807) is 13.2 Å². The number of carbonyl (C=O) groups is 2. The fourth-order valence-corrected chi connectivity index (χ4v) is 4.69. The first-order valence-electron chi connectivity index (χ1n) is 9.99. The molecule has 2 aromatic heterocycles. The molecule has 2 aliphatic rings. The number of hydrogen-bond acceptors (Lipinski definition) is 7. The van der Waals surface area contributed by atoms with Crippen molar-refractivity contribution in [3.05, 3.63) is 24.2 Å². The van der Waals surface area contributed by atoms with Crippen LogP contribution in [0.3, 0.4) is 0 Å². The summed E-state index contributed by atoms with van der Waals surface area (Å²) in [6.07, 6.45) is 3.98. The third kappa shape index (κ3) is 4.26. The van der Waals surface area contributed by atoms with Crippen LogP contribution in [0.2, 0.25) is 0 Å². The topological polar surface area (TPSA) is 96.5 Å². The van der Waals surface area contributed by atoms with E-state index in [2.05, 4.69) is 27.3 Å². The van der Waals surface area contributed by atoms with Crippen LogP contribution in [0.15, 0.2) is 28.0 Å². The highest BCUT2D eigenvalue weighted by Gasteiger charge is 2.32. The van der Waals surface area contributed by atoms with Gasteiger partial charge >= 0.3 is 6.03 Å². The maximum atomic E-state index is 12.7. The van der Waals surface area contributed by atoms with Gasteiger partial charge in [0.2, 0.25) is 11.9 Å². The molecule has 2 aromatic rings. The van der Waals surface area contributed by atoms with Gasteiger partial charge in [-0.1, -0.05) is 18.7 Å². The van der Waals surface area contributed by atoms with Gasteiger partial charge in [0, 0.05) is 26.2 Å². The highest BCUT2D eigenvalue weighted by atomic mass is 32.2. The number of anilines is 1. The lowest BCUT2D eigenvalue weighted by molar-refractivity contribution is -0.126. The Morgan fingerprint density at radius 2 is 2.28 bits per heavy atom. The summed E-state index contributed by atoms with van der Waals surface area (Å²) in [6.45, 7) is 7.31. The zero-order valence-electron chi connectivity index (χ0n) is 16.7. The summed E-state index contributed by atoms with van der Waals surface area (Å²) < 4.78 is 7.55. The maximum Gasteiger partial charge on any atom is 0.324 e. The number of hydrogen-bond donors (Lipinski definition) is 1. The van der Waals surface area contributed by atoms with Crippen LogP contribution in [0.25, 0.3) is 0 Å². The van der Waals surface area contributed by atoms with Crippen molar-refractivity contribution in [1.29, 1.82) is 0 Å². The van der Waals surface area contributed by atoms with Crippen molar-refractivity contribution >= 4 is 29.6 Å². The number of nitrogens with zero attached hydrogens (tertiary/aromatic N) is 5. The molecule has 4 heterocycles. The van der Waals surface area contributed by atoms with E-state index < -0.39 is 5.25 Å². The number of amides is 3. The van der Waals surface area contributed by atoms with Gasteiger partial charge in [-0.15, -0.1) is 10.2 Å². The number of imide groups is 1. The van der Waals surface area contributed by atoms with Gasteiger partial charge in [-0.3, -0.25) is 14.3 Å². The summed E-state index contributed by atoms with van der Waals surface area (Å²) in [5.41, 5.74) is 0. The van der Waals surface area contributed by atoms with Crippen LogP contribution in [0, 0.1) is 5.92 Å². The lowest BCUT2D eigenvalue weighted by Gasteiger charge is -2.31. The van der Waals surface area contributed by atoms with Crippen molar-refractivity contribution in [3.8, 4) is 0 Å². The van der Waals surface area contributed by atoms with E-state index >= 15 is 0 Å². The molecular weight excluding hydrogens is 392 g/mol. The second-order valence-electron chi connectivity index (χ2n) is 7.62. The number of carbonyl (C=O) groups excluding carboxylic acids is 2. The molecule has 0 bridgehead atoms. The first-order chi connectivity index (χ1) is 14.0. The van der Waals surface area contributed by atoms with E-state index in [0.29, 0.717) is 30.7 Å². The van der Waals surface area contributed by atoms with Gasteiger partial charge in [0.25, 0.3) is 0 Å². The Hall–Kier alpha value is -2.49. The second kappa shape index (κ2) is 8.48. The molecule has 10 heteroatoms. The van der Waals surface area contributed by atoms with Crippen LogP contribution >= 0.6 is 11.8 Å². The van der Waals surface area contributed by atoms with Crippen molar-refractivity contribution in [3.63, 3.8) is 0 Å². The number of rotatable bonds is 6. The third-order valence-electron chi connectivity index (χ3n) is 5.28. The minimum absolute atomic E-state index is 0.217. The number of furan rings is 1. The predicted octanol–water partition coefficient (Wildman–Crippen LogP) is 2.19. The molecule has 2 aliphatic heterocycles. The van der Waals surface area contributed by atoms with Crippen LogP contribution in [-0.2, 0) is 11.3 Å². The Morgan fingerprint density at radius 3 is 2.97 bits per heavy atom. The molecule has 9 nitrogen and oxygen atoms in total. The van der Waals surface area contributed by atoms with Crippen LogP contribution in [0.1, 0.15) is 32.4 Å². The summed E-state index contributed by atoms with van der Waals surface area (Å²) in [4.78, 5) is 28.0. The smallest absolute Gasteiger partial charge is 0.324 e. The quantitative estimate of drug-likeness (QED) is 0.718. The van der Waals surface area contributed by atoms with E-state index in [1.807, 2.05) is 16.7 Å². The van der Waals surface area contributed by atoms with E-state index in [4.69, 9.17) is 4.42 Å². The van der Waals surface area contributed by atoms with Crippen molar-refractivity contribution in [2.24, 2.45) is 5.92 Å². The molecule has 1 N–H and O–H groups in total. The average Bonchev–Trinajstić information content (AvgIpc) is 3.44. The molecule has 2 fully saturated rings. The van der Waals surface area contributed by atoms with E-state index in [-0.39, 0.29) is 11.9 Å². The predicted molar refractivity (Wildman–Crippen MR) is 109 cm³/mol. The van der Waals surface area contributed by atoms with Gasteiger partial charge < -0.3 is 14.6 Å². The zero-order chi connectivity index (χ0) is 20.4. The summed E-state index contributed by atoms with van der Waals surface area (Å²) >= 11 is 1.32. The Labute approximate surface area is 173 Å². The Balaban J connectivity index is 1.57. The lowest BCUT2D eigenvalue weighted by atomic mass is 10.0. The molecule has 0 saturated carbocycles. The molecule has 0 spiro atoms. The van der Waals surface area contributed by atoms with Gasteiger partial charge in [-0.2, -0.15) is 0 Å². The highest BCUT2D eigenvalue weighted by molar-refractivity contribution is 8.00. The zero-order valence-corrected chi connectivity index (χ0v) is 17.5. The highest BCUT2D eigenvalue weighted by Crippen LogP contribution is 2.30. The molecule has 2 saturated heterocycles. The molecule has 0 radical (unpaired) electrons. The summed E-state index contributed by atoms with van der Waals surface area (Å²) in [5.74, 6) is 1.98. The monoisotopic (exact) mass is 418 g/mol. The Kier molecular flexibility index (Phi) is 5.79. The molecule has 0 aliphatic carbocycles. The molecule has 0 aromatic carbocycles. The largest absolute Gasteiger partial charge is 0.467 e. The van der Waals surface area contributed by atoms with Gasteiger partial charge in [-0.05, 0) is 37.8 Å². The third-order valence-corrected chi connectivity index (χ3v) is 6.35. The minimum Gasteiger partial charge on any atom is -0.467 e. The van der Waals surface area contributed by atoms with Crippen molar-refractivity contribution in [2.45, 2.75) is 43.6 Å². The number of aromatic nitrogens is 3. The van der Waals surface area contributed by atoms with Gasteiger partial charge in [0.15, 0.2) is 5.16 Å². The molecule has 29 heavy (non-hydrogen) atoms. The average molecular weight is 419 g/mol. The molecule has 2 atom stereocenters. The first-order valence-corrected chi connectivity index (χ1v) is 10.9. The summed E-state index contributed by atoms with van der Waals surface area (Å²) in [7, 11) is 0. The molecule has 0 unspecified atom stereocenters. The number of nitrogens with one attached hydrogen (secondary N) is 1. The molecular formula is C19H26N6O3S. The van der Waals surface area contributed by atoms with Crippen molar-refractivity contribution < 1.29 is 14.0 Å². The van der Waals surface area contributed by atoms with Crippen LogP contribution in [0.5, 0.6) is 0 Å². The number of urea groups is 1. The van der Waals surface area contributed by atoms with Crippen LogP contribution < -0.4 is 10.2 Å². The standard InChI is InChI=1S/C19H26N6O3S/c1-13-5-3-8-23(11-13)17-21-22-19(25(17)12-15-6-4-10-28-15)29-14(2)16(26)24-9-7-20-18(24)27/h4,6,10,13-14H,3,5,7-9,11-12H2,1-2H3,(H,20,27)/t13-,14-/m0/s1. The first kappa shape index (κ1) is 19.8.